The highest BCUT2D eigenvalue weighted by Gasteiger charge is 2.42. The van der Waals surface area contributed by atoms with Crippen molar-refractivity contribution in [1.29, 1.82) is 0 Å². The molecule has 1 aliphatic carbocycles. The Bertz CT molecular complexity index is 770. The van der Waals surface area contributed by atoms with Crippen molar-refractivity contribution in [1.82, 2.24) is 5.32 Å². The second kappa shape index (κ2) is 8.07. The van der Waals surface area contributed by atoms with Crippen molar-refractivity contribution < 1.29 is 22.7 Å². The second-order valence-corrected chi connectivity index (χ2v) is 8.65. The van der Waals surface area contributed by atoms with E-state index in [9.17, 15) is 18.0 Å². The monoisotopic (exact) mass is 382 g/mol. The SMILES string of the molecule is COC(=O)C1(NC(=O)CN(c2ccccc2C)S(C)(=O)=O)CCCCC1. The lowest BCUT2D eigenvalue weighted by molar-refractivity contribution is -0.152. The molecule has 0 bridgehead atoms. The number of methoxy groups -OCH3 is 1. The number of rotatable bonds is 6. The van der Waals surface area contributed by atoms with E-state index in [1.165, 1.54) is 7.11 Å². The van der Waals surface area contributed by atoms with E-state index in [0.29, 0.717) is 18.5 Å². The number of aryl methyl sites for hydroxylation is 1. The first-order valence-electron chi connectivity index (χ1n) is 8.62. The van der Waals surface area contributed by atoms with E-state index >= 15 is 0 Å². The number of anilines is 1. The van der Waals surface area contributed by atoms with E-state index in [2.05, 4.69) is 5.32 Å². The van der Waals surface area contributed by atoms with Crippen molar-refractivity contribution >= 4 is 27.6 Å². The lowest BCUT2D eigenvalue weighted by Gasteiger charge is -2.36. The molecule has 8 heteroatoms. The van der Waals surface area contributed by atoms with E-state index in [-0.39, 0.29) is 6.54 Å². The summed E-state index contributed by atoms with van der Waals surface area (Å²) in [5.41, 5.74) is 0.117. The molecule has 0 aliphatic heterocycles. The third-order valence-corrected chi connectivity index (χ3v) is 5.86. The molecule has 0 radical (unpaired) electrons. The molecule has 1 saturated carbocycles. The first-order valence-corrected chi connectivity index (χ1v) is 10.5. The van der Waals surface area contributed by atoms with Crippen LogP contribution in [0.15, 0.2) is 24.3 Å². The van der Waals surface area contributed by atoms with Gasteiger partial charge >= 0.3 is 5.97 Å². The Morgan fingerprint density at radius 2 is 1.81 bits per heavy atom. The summed E-state index contributed by atoms with van der Waals surface area (Å²) in [7, 11) is -2.37. The molecule has 0 unspecified atom stereocenters. The Hall–Kier alpha value is -2.09. The van der Waals surface area contributed by atoms with Gasteiger partial charge in [-0.05, 0) is 31.4 Å². The quantitative estimate of drug-likeness (QED) is 0.757. The number of para-hydroxylation sites is 1. The van der Waals surface area contributed by atoms with E-state index in [1.807, 2.05) is 0 Å². The van der Waals surface area contributed by atoms with Crippen LogP contribution in [0.1, 0.15) is 37.7 Å². The van der Waals surface area contributed by atoms with Gasteiger partial charge in [0, 0.05) is 0 Å². The Labute approximate surface area is 154 Å². The molecule has 26 heavy (non-hydrogen) atoms. The molecule has 144 valence electrons. The smallest absolute Gasteiger partial charge is 0.331 e. The number of carbonyl (C=O) groups is 2. The van der Waals surface area contributed by atoms with E-state index in [4.69, 9.17) is 4.74 Å². The lowest BCUT2D eigenvalue weighted by atomic mass is 9.81. The summed E-state index contributed by atoms with van der Waals surface area (Å²) in [6.07, 6.45) is 4.66. The molecule has 1 N–H and O–H groups in total. The van der Waals surface area contributed by atoms with Gasteiger partial charge in [0.1, 0.15) is 12.1 Å². The van der Waals surface area contributed by atoms with Gasteiger partial charge in [-0.1, -0.05) is 37.5 Å². The minimum absolute atomic E-state index is 0.386. The molecule has 1 aliphatic rings. The molecule has 0 aromatic heterocycles. The lowest BCUT2D eigenvalue weighted by Crippen LogP contribution is -2.58. The van der Waals surface area contributed by atoms with Gasteiger partial charge in [0.15, 0.2) is 0 Å². The van der Waals surface area contributed by atoms with Crippen LogP contribution < -0.4 is 9.62 Å². The van der Waals surface area contributed by atoms with Crippen molar-refractivity contribution in [3.05, 3.63) is 29.8 Å². The van der Waals surface area contributed by atoms with Crippen LogP contribution in [0.3, 0.4) is 0 Å². The van der Waals surface area contributed by atoms with Crippen LogP contribution >= 0.6 is 0 Å². The minimum Gasteiger partial charge on any atom is -0.467 e. The fourth-order valence-electron chi connectivity index (χ4n) is 3.39. The highest BCUT2D eigenvalue weighted by molar-refractivity contribution is 7.92. The van der Waals surface area contributed by atoms with Gasteiger partial charge in [-0.15, -0.1) is 0 Å². The zero-order valence-corrected chi connectivity index (χ0v) is 16.3. The highest BCUT2D eigenvalue weighted by atomic mass is 32.2. The average molecular weight is 382 g/mol. The highest BCUT2D eigenvalue weighted by Crippen LogP contribution is 2.29. The van der Waals surface area contributed by atoms with Gasteiger partial charge in [-0.3, -0.25) is 9.10 Å². The number of nitrogens with one attached hydrogen (secondary N) is 1. The van der Waals surface area contributed by atoms with Gasteiger partial charge in [0.2, 0.25) is 15.9 Å². The molecular weight excluding hydrogens is 356 g/mol. The number of esters is 1. The standard InChI is InChI=1S/C18H26N2O5S/c1-14-9-5-6-10-15(14)20(26(3,23)24)13-16(21)19-18(17(22)25-2)11-7-4-8-12-18/h5-6,9-10H,4,7-8,11-13H2,1-3H3,(H,19,21). The summed E-state index contributed by atoms with van der Waals surface area (Å²) in [5, 5.41) is 2.76. The number of hydrogen-bond donors (Lipinski definition) is 1. The van der Waals surface area contributed by atoms with Gasteiger partial charge in [-0.25, -0.2) is 13.2 Å². The molecule has 1 aromatic carbocycles. The van der Waals surface area contributed by atoms with Crippen LogP contribution in [0, 0.1) is 6.92 Å². The van der Waals surface area contributed by atoms with Gasteiger partial charge in [0.05, 0.1) is 19.1 Å². The van der Waals surface area contributed by atoms with Crippen molar-refractivity contribution in [3.63, 3.8) is 0 Å². The van der Waals surface area contributed by atoms with Crippen LogP contribution in [0.5, 0.6) is 0 Å². The Morgan fingerprint density at radius 3 is 2.35 bits per heavy atom. The Balaban J connectivity index is 2.24. The molecule has 0 spiro atoms. The molecular formula is C18H26N2O5S. The number of carbonyl (C=O) groups excluding carboxylic acids is 2. The molecule has 7 nitrogen and oxygen atoms in total. The predicted molar refractivity (Wildman–Crippen MR) is 99.3 cm³/mol. The normalized spacial score (nSPS) is 16.6. The minimum atomic E-state index is -3.67. The zero-order chi connectivity index (χ0) is 19.4. The van der Waals surface area contributed by atoms with Gasteiger partial charge in [-0.2, -0.15) is 0 Å². The van der Waals surface area contributed by atoms with E-state index in [0.717, 1.165) is 35.4 Å². The van der Waals surface area contributed by atoms with Gasteiger partial charge in [0.25, 0.3) is 0 Å². The number of benzene rings is 1. The van der Waals surface area contributed by atoms with Crippen molar-refractivity contribution in [2.45, 2.75) is 44.6 Å². The fraction of sp³-hybridized carbons (Fsp3) is 0.556. The van der Waals surface area contributed by atoms with Crippen molar-refractivity contribution in [3.8, 4) is 0 Å². The van der Waals surface area contributed by atoms with Gasteiger partial charge < -0.3 is 10.1 Å². The maximum atomic E-state index is 12.7. The number of amides is 1. The maximum absolute atomic E-state index is 12.7. The number of nitrogens with zero attached hydrogens (tertiary/aromatic N) is 1. The zero-order valence-electron chi connectivity index (χ0n) is 15.4. The molecule has 2 rings (SSSR count). The molecule has 1 amide bonds. The summed E-state index contributed by atoms with van der Waals surface area (Å²) in [5.74, 6) is -1.00. The summed E-state index contributed by atoms with van der Waals surface area (Å²) in [6, 6.07) is 6.95. The third-order valence-electron chi connectivity index (χ3n) is 4.73. The summed E-state index contributed by atoms with van der Waals surface area (Å²) < 4.78 is 30.4. The molecule has 0 atom stereocenters. The third kappa shape index (κ3) is 4.55. The molecule has 0 saturated heterocycles. The van der Waals surface area contributed by atoms with E-state index < -0.39 is 27.4 Å². The first kappa shape index (κ1) is 20.2. The predicted octanol–water partition coefficient (Wildman–Crippen LogP) is 1.75. The molecule has 0 heterocycles. The fourth-order valence-corrected chi connectivity index (χ4v) is 4.31. The second-order valence-electron chi connectivity index (χ2n) is 6.74. The van der Waals surface area contributed by atoms with Crippen LogP contribution in [-0.4, -0.2) is 45.7 Å². The first-order chi connectivity index (χ1) is 12.2. The number of sulfonamides is 1. The average Bonchev–Trinajstić information content (AvgIpc) is 2.59. The summed E-state index contributed by atoms with van der Waals surface area (Å²) in [4.78, 5) is 24.9. The number of ether oxygens (including phenoxy) is 1. The molecule has 1 fully saturated rings. The van der Waals surface area contributed by atoms with Crippen LogP contribution in [0.4, 0.5) is 5.69 Å². The van der Waals surface area contributed by atoms with E-state index in [1.54, 1.807) is 31.2 Å². The Morgan fingerprint density at radius 1 is 1.19 bits per heavy atom. The summed E-state index contributed by atoms with van der Waals surface area (Å²) in [6.45, 7) is 1.39. The van der Waals surface area contributed by atoms with Crippen LogP contribution in [-0.2, 0) is 24.3 Å². The topological polar surface area (TPSA) is 92.8 Å². The van der Waals surface area contributed by atoms with Crippen LogP contribution in [0.25, 0.3) is 0 Å². The van der Waals surface area contributed by atoms with Crippen molar-refractivity contribution in [2.75, 3.05) is 24.2 Å². The largest absolute Gasteiger partial charge is 0.467 e. The number of hydrogen-bond acceptors (Lipinski definition) is 5. The summed E-state index contributed by atoms with van der Waals surface area (Å²) >= 11 is 0. The Kier molecular flexibility index (Phi) is 6.28. The molecule has 1 aromatic rings. The van der Waals surface area contributed by atoms with Crippen molar-refractivity contribution in [2.24, 2.45) is 0 Å². The van der Waals surface area contributed by atoms with Crippen LogP contribution in [0.2, 0.25) is 0 Å². The maximum Gasteiger partial charge on any atom is 0.331 e.